The van der Waals surface area contributed by atoms with Crippen LogP contribution < -0.4 is 0 Å². The molecule has 2 saturated heterocycles. The van der Waals surface area contributed by atoms with Crippen LogP contribution in [0.25, 0.3) is 0 Å². The smallest absolute Gasteiger partial charge is 0.318 e. The SMILES string of the molecule is CC1C(=O)OC(=O)C1C(C)(CC(C)(CC1C(C)C2CC1C1COC(=O)C21)C(=O)OC(C)(C)C12CC3CC(CC(O)(C3)C1)C2)C(=O)OC12CC3CC(C1)C(=O)C(C3)C2. The molecule has 0 radical (unpaired) electrons. The lowest BCUT2D eigenvalue weighted by Crippen LogP contribution is -2.63. The van der Waals surface area contributed by atoms with Gasteiger partial charge in [0.25, 0.3) is 0 Å². The van der Waals surface area contributed by atoms with Crippen LogP contribution in [0.15, 0.2) is 0 Å². The predicted octanol–water partition coefficient (Wildman–Crippen LogP) is 6.15. The molecule has 0 spiro atoms. The van der Waals surface area contributed by atoms with Crippen LogP contribution in [0.5, 0.6) is 0 Å². The molecule has 12 aliphatic rings. The van der Waals surface area contributed by atoms with Crippen molar-refractivity contribution in [3.63, 3.8) is 0 Å². The van der Waals surface area contributed by atoms with E-state index in [2.05, 4.69) is 6.92 Å². The van der Waals surface area contributed by atoms with Gasteiger partial charge in [-0.15, -0.1) is 0 Å². The molecule has 0 amide bonds. The summed E-state index contributed by atoms with van der Waals surface area (Å²) in [4.78, 5) is 83.6. The highest BCUT2D eigenvalue weighted by Gasteiger charge is 2.68. The van der Waals surface area contributed by atoms with E-state index in [-0.39, 0.29) is 71.4 Å². The molecule has 2 heterocycles. The van der Waals surface area contributed by atoms with E-state index in [1.807, 2.05) is 20.8 Å². The summed E-state index contributed by atoms with van der Waals surface area (Å²) in [6.45, 7) is 11.7. The molecule has 10 saturated carbocycles. The second-order valence-corrected chi connectivity index (χ2v) is 23.0. The highest BCUT2D eigenvalue weighted by molar-refractivity contribution is 6.00. The molecular formula is C46H62O11. The van der Waals surface area contributed by atoms with Gasteiger partial charge in [-0.25, -0.2) is 0 Å². The topological polar surface area (TPSA) is 160 Å². The second-order valence-electron chi connectivity index (χ2n) is 23.0. The molecule has 12 rings (SSSR count). The number of fused-ring (bicyclic) bond motifs is 5. The Hall–Kier alpha value is -2.82. The molecule has 14 atom stereocenters. The molecule has 12 fully saturated rings. The zero-order valence-electron chi connectivity index (χ0n) is 34.6. The molecule has 14 unspecified atom stereocenters. The van der Waals surface area contributed by atoms with Crippen LogP contribution in [0, 0.1) is 93.2 Å². The van der Waals surface area contributed by atoms with Gasteiger partial charge in [0.1, 0.15) is 17.0 Å². The summed E-state index contributed by atoms with van der Waals surface area (Å²) in [6.07, 6.45) is 9.35. The molecule has 11 heteroatoms. The van der Waals surface area contributed by atoms with E-state index in [0.29, 0.717) is 50.5 Å². The number of cyclic esters (lactones) is 3. The van der Waals surface area contributed by atoms with Crippen LogP contribution in [0.1, 0.15) is 131 Å². The van der Waals surface area contributed by atoms with Crippen molar-refractivity contribution in [3.8, 4) is 0 Å². The number of ketones is 1. The molecule has 11 nitrogen and oxygen atoms in total. The Morgan fingerprint density at radius 1 is 0.772 bits per heavy atom. The zero-order chi connectivity index (χ0) is 40.4. The van der Waals surface area contributed by atoms with Crippen LogP contribution in [0.3, 0.4) is 0 Å². The lowest BCUT2D eigenvalue weighted by Gasteiger charge is -2.64. The third-order valence-electron chi connectivity index (χ3n) is 18.9. The van der Waals surface area contributed by atoms with Crippen molar-refractivity contribution in [2.45, 2.75) is 148 Å². The van der Waals surface area contributed by atoms with E-state index >= 15 is 9.59 Å². The monoisotopic (exact) mass is 790 g/mol. The second kappa shape index (κ2) is 12.1. The summed E-state index contributed by atoms with van der Waals surface area (Å²) in [6, 6.07) is 0. The zero-order valence-corrected chi connectivity index (χ0v) is 34.6. The molecule has 2 aliphatic heterocycles. The molecule has 0 aromatic carbocycles. The van der Waals surface area contributed by atoms with Gasteiger partial charge in [0.2, 0.25) is 0 Å². The van der Waals surface area contributed by atoms with Crippen molar-refractivity contribution in [2.75, 3.05) is 6.61 Å². The van der Waals surface area contributed by atoms with Crippen molar-refractivity contribution in [3.05, 3.63) is 0 Å². The minimum absolute atomic E-state index is 0.0238. The number of hydrogen-bond donors (Lipinski definition) is 1. The Morgan fingerprint density at radius 2 is 1.44 bits per heavy atom. The number of carbonyl (C=O) groups excluding carboxylic acids is 6. The van der Waals surface area contributed by atoms with Gasteiger partial charge in [-0.3, -0.25) is 28.8 Å². The average molecular weight is 791 g/mol. The minimum Gasteiger partial charge on any atom is -0.465 e. The first-order valence-corrected chi connectivity index (χ1v) is 22.3. The van der Waals surface area contributed by atoms with Gasteiger partial charge >= 0.3 is 29.8 Å². The summed E-state index contributed by atoms with van der Waals surface area (Å²) in [7, 11) is 0. The third kappa shape index (κ3) is 5.50. The lowest BCUT2D eigenvalue weighted by atomic mass is 9.44. The van der Waals surface area contributed by atoms with Crippen molar-refractivity contribution in [1.29, 1.82) is 0 Å². The van der Waals surface area contributed by atoms with Crippen molar-refractivity contribution in [1.82, 2.24) is 0 Å². The predicted molar refractivity (Wildman–Crippen MR) is 201 cm³/mol. The number of ether oxygens (including phenoxy) is 4. The molecule has 312 valence electrons. The minimum atomic E-state index is -1.65. The maximum absolute atomic E-state index is 15.5. The first-order chi connectivity index (χ1) is 26.7. The fourth-order valence-corrected chi connectivity index (χ4v) is 16.9. The summed E-state index contributed by atoms with van der Waals surface area (Å²) in [5.41, 5.74) is -5.91. The van der Waals surface area contributed by atoms with Crippen molar-refractivity contribution < 1.29 is 52.8 Å². The van der Waals surface area contributed by atoms with Crippen LogP contribution in [0.2, 0.25) is 0 Å². The number of carbonyl (C=O) groups is 6. The van der Waals surface area contributed by atoms with Crippen LogP contribution >= 0.6 is 0 Å². The Labute approximate surface area is 335 Å². The van der Waals surface area contributed by atoms with Gasteiger partial charge in [-0.1, -0.05) is 13.8 Å². The molecular weight excluding hydrogens is 728 g/mol. The maximum Gasteiger partial charge on any atom is 0.318 e. The van der Waals surface area contributed by atoms with Gasteiger partial charge in [0.15, 0.2) is 0 Å². The highest BCUT2D eigenvalue weighted by Crippen LogP contribution is 2.67. The molecule has 57 heavy (non-hydrogen) atoms. The van der Waals surface area contributed by atoms with E-state index in [0.717, 1.165) is 51.4 Å². The Kier molecular flexibility index (Phi) is 8.18. The van der Waals surface area contributed by atoms with Crippen LogP contribution in [-0.4, -0.2) is 64.1 Å². The van der Waals surface area contributed by atoms with E-state index in [9.17, 15) is 24.3 Å². The maximum atomic E-state index is 15.5. The first kappa shape index (κ1) is 38.4. The Morgan fingerprint density at radius 3 is 2.05 bits per heavy atom. The van der Waals surface area contributed by atoms with Gasteiger partial charge in [0, 0.05) is 23.2 Å². The Bertz CT molecular complexity index is 1800. The van der Waals surface area contributed by atoms with E-state index in [1.54, 1.807) is 13.8 Å². The molecule has 0 aromatic heterocycles. The number of esters is 5. The number of Topliss-reactive ketones (excluding diaryl/α,β-unsaturated/α-hetero) is 1. The standard InChI is InChI=1S/C46H62O11/c1-22-29-10-30(32-19-54-37(49)33(29)32)31(22)18-42(5,39(51)56-41(3,4)44-11-25-7-26(12-44)14-45(53,13-25)21-44)20-43(6,34-23(2)36(48)55-38(34)50)40(52)57-46-15-24-8-27(16-46)35(47)28(9-24)17-46/h22-34,53H,7-21H2,1-6H3. The summed E-state index contributed by atoms with van der Waals surface area (Å²) >= 11 is 0. The third-order valence-corrected chi connectivity index (χ3v) is 18.9. The van der Waals surface area contributed by atoms with Crippen LogP contribution in [0.4, 0.5) is 0 Å². The van der Waals surface area contributed by atoms with Crippen molar-refractivity contribution >= 4 is 35.6 Å². The van der Waals surface area contributed by atoms with E-state index in [4.69, 9.17) is 18.9 Å². The molecule has 1 N–H and O–H groups in total. The van der Waals surface area contributed by atoms with Gasteiger partial charge in [0.05, 0.1) is 40.8 Å². The molecule has 10 aliphatic carbocycles. The van der Waals surface area contributed by atoms with Gasteiger partial charge < -0.3 is 24.1 Å². The first-order valence-electron chi connectivity index (χ1n) is 22.3. The highest BCUT2D eigenvalue weighted by atomic mass is 16.6. The average Bonchev–Trinajstić information content (AvgIpc) is 3.82. The molecule has 0 aromatic rings. The number of rotatable bonds is 10. The summed E-state index contributed by atoms with van der Waals surface area (Å²) < 4.78 is 24.4. The number of aliphatic hydroxyl groups is 1. The molecule has 10 bridgehead atoms. The van der Waals surface area contributed by atoms with Crippen LogP contribution in [-0.2, 0) is 47.7 Å². The summed E-state index contributed by atoms with van der Waals surface area (Å²) in [5, 5.41) is 11.7. The fourth-order valence-electron chi connectivity index (χ4n) is 16.9. The quantitative estimate of drug-likeness (QED) is 0.154. The number of hydrogen-bond acceptors (Lipinski definition) is 11. The van der Waals surface area contributed by atoms with Gasteiger partial charge in [-0.2, -0.15) is 0 Å². The fraction of sp³-hybridized carbons (Fsp3) is 0.870. The van der Waals surface area contributed by atoms with Crippen molar-refractivity contribution in [2.24, 2.45) is 93.2 Å². The van der Waals surface area contributed by atoms with E-state index < -0.39 is 68.8 Å². The lowest BCUT2D eigenvalue weighted by molar-refractivity contribution is -0.238. The van der Waals surface area contributed by atoms with Gasteiger partial charge in [-0.05, 0) is 159 Å². The normalized spacial score (nSPS) is 49.4. The Balaban J connectivity index is 1.01. The van der Waals surface area contributed by atoms with E-state index in [1.165, 1.54) is 0 Å². The largest absolute Gasteiger partial charge is 0.465 e. The summed E-state index contributed by atoms with van der Waals surface area (Å²) in [5.74, 6) is -3.44.